The van der Waals surface area contributed by atoms with Gasteiger partial charge in [-0.3, -0.25) is 19.9 Å². The number of pyridine rings is 2. The lowest BCUT2D eigenvalue weighted by Crippen LogP contribution is -2.11. The van der Waals surface area contributed by atoms with Gasteiger partial charge in [-0.15, -0.1) is 11.3 Å². The molecule has 0 spiro atoms. The number of carbonyl (C=O) groups excluding carboxylic acids is 1. The van der Waals surface area contributed by atoms with E-state index < -0.39 is 0 Å². The van der Waals surface area contributed by atoms with Crippen molar-refractivity contribution in [3.05, 3.63) is 77.7 Å². The summed E-state index contributed by atoms with van der Waals surface area (Å²) in [7, 11) is 0. The quantitative estimate of drug-likeness (QED) is 0.230. The van der Waals surface area contributed by atoms with Crippen molar-refractivity contribution < 1.29 is 4.79 Å². The van der Waals surface area contributed by atoms with Gasteiger partial charge in [0, 0.05) is 51.9 Å². The van der Waals surface area contributed by atoms with Crippen molar-refractivity contribution in [3.8, 4) is 33.0 Å². The van der Waals surface area contributed by atoms with E-state index in [4.69, 9.17) is 0 Å². The van der Waals surface area contributed by atoms with Crippen LogP contribution in [0.3, 0.4) is 0 Å². The van der Waals surface area contributed by atoms with Crippen molar-refractivity contribution in [2.45, 2.75) is 20.4 Å². The number of thiophene rings is 1. The predicted octanol–water partition coefficient (Wildman–Crippen LogP) is 6.21. The van der Waals surface area contributed by atoms with Gasteiger partial charge in [-0.1, -0.05) is 13.0 Å². The van der Waals surface area contributed by atoms with Crippen LogP contribution in [-0.2, 0) is 6.54 Å². The van der Waals surface area contributed by atoms with Crippen LogP contribution in [0.15, 0.2) is 67.3 Å². The lowest BCUT2D eigenvalue weighted by atomic mass is 10.0. The van der Waals surface area contributed by atoms with Gasteiger partial charge in [0.05, 0.1) is 27.8 Å². The smallest absolute Gasteiger partial charge is 0.169 e. The number of hydrogen-bond acceptors (Lipinski definition) is 6. The number of benzene rings is 1. The molecule has 0 aliphatic rings. The number of Topliss-reactive ketones (excluding diaryl/α,β-unsaturated/α-hetero) is 1. The molecule has 0 unspecified atom stereocenters. The first-order chi connectivity index (χ1) is 17.6. The average Bonchev–Trinajstić information content (AvgIpc) is 3.64. The standard InChI is InChI=1S/C28H24N6OS/c1-3-29-11-17-8-19(13-30-12-17)18-4-5-23-21(9-18)28(34-33-23)24-10-20-22(14-31-15-25(20)32-24)27-7-6-26(36-27)16(2)35/h4-10,12-15,29,32H,3,11H2,1-2H3,(H,33,34). The van der Waals surface area contributed by atoms with Crippen LogP contribution < -0.4 is 5.32 Å². The maximum atomic E-state index is 11.8. The lowest BCUT2D eigenvalue weighted by Gasteiger charge is -2.06. The highest BCUT2D eigenvalue weighted by atomic mass is 32.1. The summed E-state index contributed by atoms with van der Waals surface area (Å²) >= 11 is 1.49. The van der Waals surface area contributed by atoms with Gasteiger partial charge in [-0.25, -0.2) is 0 Å². The first-order valence-corrected chi connectivity index (χ1v) is 12.6. The Morgan fingerprint density at radius 2 is 1.83 bits per heavy atom. The summed E-state index contributed by atoms with van der Waals surface area (Å²) < 4.78 is 0. The van der Waals surface area contributed by atoms with Crippen LogP contribution in [-0.4, -0.2) is 37.5 Å². The van der Waals surface area contributed by atoms with Crippen molar-refractivity contribution in [2.75, 3.05) is 6.54 Å². The zero-order chi connectivity index (χ0) is 24.6. The minimum absolute atomic E-state index is 0.0716. The molecule has 36 heavy (non-hydrogen) atoms. The molecule has 1 aromatic carbocycles. The summed E-state index contributed by atoms with van der Waals surface area (Å²) in [6.07, 6.45) is 7.47. The number of fused-ring (bicyclic) bond motifs is 2. The Labute approximate surface area is 211 Å². The fourth-order valence-electron chi connectivity index (χ4n) is 4.46. The summed E-state index contributed by atoms with van der Waals surface area (Å²) in [5.74, 6) is 0.0716. The highest BCUT2D eigenvalue weighted by Crippen LogP contribution is 2.37. The SMILES string of the molecule is CCNCc1cncc(-c2ccc3[nH]nc(-c4cc5c(-c6ccc(C(C)=O)s6)cncc5[nH]4)c3c2)c1. The largest absolute Gasteiger partial charge is 0.352 e. The van der Waals surface area contributed by atoms with E-state index in [0.717, 1.165) is 78.3 Å². The molecule has 0 atom stereocenters. The molecule has 5 aromatic heterocycles. The van der Waals surface area contributed by atoms with Gasteiger partial charge in [-0.05, 0) is 61.0 Å². The zero-order valence-electron chi connectivity index (χ0n) is 19.9. The number of ketones is 1. The highest BCUT2D eigenvalue weighted by molar-refractivity contribution is 7.17. The second kappa shape index (κ2) is 9.14. The fourth-order valence-corrected chi connectivity index (χ4v) is 5.38. The van der Waals surface area contributed by atoms with Gasteiger partial charge in [-0.2, -0.15) is 5.10 Å². The van der Waals surface area contributed by atoms with Gasteiger partial charge in [0.2, 0.25) is 0 Å². The van der Waals surface area contributed by atoms with Gasteiger partial charge in [0.25, 0.3) is 0 Å². The van der Waals surface area contributed by atoms with Gasteiger partial charge < -0.3 is 10.3 Å². The summed E-state index contributed by atoms with van der Waals surface area (Å²) in [4.78, 5) is 25.9. The topological polar surface area (TPSA) is 99.3 Å². The number of aromatic nitrogens is 5. The van der Waals surface area contributed by atoms with Gasteiger partial charge in [0.1, 0.15) is 5.69 Å². The van der Waals surface area contributed by atoms with Crippen molar-refractivity contribution in [1.29, 1.82) is 0 Å². The minimum atomic E-state index is 0.0716. The third-order valence-corrected chi connectivity index (χ3v) is 7.51. The Kier molecular flexibility index (Phi) is 5.67. The van der Waals surface area contributed by atoms with Crippen molar-refractivity contribution in [1.82, 2.24) is 30.5 Å². The van der Waals surface area contributed by atoms with E-state index in [-0.39, 0.29) is 5.78 Å². The monoisotopic (exact) mass is 492 g/mol. The number of nitrogens with one attached hydrogen (secondary N) is 3. The second-order valence-corrected chi connectivity index (χ2v) is 9.83. The summed E-state index contributed by atoms with van der Waals surface area (Å²) in [6, 6.07) is 14.5. The molecule has 0 aliphatic heterocycles. The molecule has 6 rings (SSSR count). The van der Waals surface area contributed by atoms with Gasteiger partial charge in [0.15, 0.2) is 5.78 Å². The number of carbonyl (C=O) groups is 1. The van der Waals surface area contributed by atoms with E-state index in [1.54, 1.807) is 6.92 Å². The summed E-state index contributed by atoms with van der Waals surface area (Å²) in [5, 5.41) is 13.2. The fraction of sp³-hybridized carbons (Fsp3) is 0.143. The van der Waals surface area contributed by atoms with E-state index >= 15 is 0 Å². The van der Waals surface area contributed by atoms with Crippen LogP contribution in [0, 0.1) is 0 Å². The number of aromatic amines is 2. The normalized spacial score (nSPS) is 11.5. The molecule has 5 heterocycles. The van der Waals surface area contributed by atoms with E-state index in [9.17, 15) is 4.79 Å². The van der Waals surface area contributed by atoms with Gasteiger partial charge >= 0.3 is 0 Å². The first-order valence-electron chi connectivity index (χ1n) is 11.8. The molecule has 0 radical (unpaired) electrons. The number of rotatable bonds is 7. The van der Waals surface area contributed by atoms with Crippen LogP contribution in [0.25, 0.3) is 54.8 Å². The maximum Gasteiger partial charge on any atom is 0.169 e. The highest BCUT2D eigenvalue weighted by Gasteiger charge is 2.16. The number of H-pyrrole nitrogens is 2. The molecule has 7 nitrogen and oxygen atoms in total. The second-order valence-electron chi connectivity index (χ2n) is 8.75. The molecule has 178 valence electrons. The Balaban J connectivity index is 1.42. The Morgan fingerprint density at radius 3 is 2.67 bits per heavy atom. The Bertz CT molecular complexity index is 1730. The number of hydrogen-bond donors (Lipinski definition) is 3. The zero-order valence-corrected chi connectivity index (χ0v) is 20.7. The van der Waals surface area contributed by atoms with Crippen molar-refractivity contribution in [3.63, 3.8) is 0 Å². The average molecular weight is 493 g/mol. The summed E-state index contributed by atoms with van der Waals surface area (Å²) in [6.45, 7) is 5.40. The summed E-state index contributed by atoms with van der Waals surface area (Å²) in [5.41, 5.74) is 7.95. The molecule has 0 saturated heterocycles. The maximum absolute atomic E-state index is 11.8. The molecule has 0 saturated carbocycles. The predicted molar refractivity (Wildman–Crippen MR) is 145 cm³/mol. The van der Waals surface area contributed by atoms with E-state index in [1.807, 2.05) is 36.9 Å². The number of nitrogens with zero attached hydrogens (tertiary/aromatic N) is 3. The van der Waals surface area contributed by atoms with Crippen LogP contribution >= 0.6 is 11.3 Å². The molecular weight excluding hydrogens is 468 g/mol. The molecule has 8 heteroatoms. The molecule has 0 aliphatic carbocycles. The van der Waals surface area contributed by atoms with Crippen LogP contribution in [0.1, 0.15) is 29.1 Å². The molecular formula is C28H24N6OS. The Hall–Kier alpha value is -4.14. The third kappa shape index (κ3) is 4.00. The van der Waals surface area contributed by atoms with Crippen LogP contribution in [0.2, 0.25) is 0 Å². The van der Waals surface area contributed by atoms with E-state index in [1.165, 1.54) is 11.3 Å². The van der Waals surface area contributed by atoms with E-state index in [0.29, 0.717) is 0 Å². The third-order valence-electron chi connectivity index (χ3n) is 6.29. The van der Waals surface area contributed by atoms with Crippen molar-refractivity contribution >= 4 is 38.9 Å². The van der Waals surface area contributed by atoms with E-state index in [2.05, 4.69) is 67.7 Å². The molecule has 0 fully saturated rings. The Morgan fingerprint density at radius 1 is 0.944 bits per heavy atom. The van der Waals surface area contributed by atoms with Crippen LogP contribution in [0.4, 0.5) is 0 Å². The lowest BCUT2D eigenvalue weighted by molar-refractivity contribution is 0.102. The molecule has 0 amide bonds. The molecule has 3 N–H and O–H groups in total. The molecule has 6 aromatic rings. The molecule has 0 bridgehead atoms. The van der Waals surface area contributed by atoms with Crippen LogP contribution in [0.5, 0.6) is 0 Å². The minimum Gasteiger partial charge on any atom is -0.352 e. The van der Waals surface area contributed by atoms with Crippen molar-refractivity contribution in [2.24, 2.45) is 0 Å². The first kappa shape index (κ1) is 22.3.